The number of allylic oxidation sites excluding steroid dienone is 6. The minimum atomic E-state index is -0.663. The lowest BCUT2D eigenvalue weighted by Crippen LogP contribution is -2.45. The van der Waals surface area contributed by atoms with Crippen LogP contribution in [-0.2, 0) is 14.3 Å². The first-order valence-electron chi connectivity index (χ1n) is 42.2. The molecule has 1 amide bonds. The molecule has 0 aliphatic carbocycles. The molecule has 0 aliphatic heterocycles. The highest BCUT2D eigenvalue weighted by Crippen LogP contribution is 2.20. The van der Waals surface area contributed by atoms with E-state index in [2.05, 4.69) is 55.6 Å². The van der Waals surface area contributed by atoms with Crippen LogP contribution in [0.4, 0.5) is 0 Å². The van der Waals surface area contributed by atoms with Gasteiger partial charge in [0, 0.05) is 12.8 Å². The third-order valence-electron chi connectivity index (χ3n) is 19.9. The van der Waals surface area contributed by atoms with Crippen LogP contribution in [0, 0.1) is 0 Å². The highest BCUT2D eigenvalue weighted by Gasteiger charge is 2.20. The Morgan fingerprint density at radius 3 is 0.837 bits per heavy atom. The molecule has 3 N–H and O–H groups in total. The zero-order chi connectivity index (χ0) is 66.3. The van der Waals surface area contributed by atoms with Crippen LogP contribution in [-0.4, -0.2) is 47.4 Å². The molecule has 0 rings (SSSR count). The minimum Gasteiger partial charge on any atom is -0.466 e. The maximum atomic E-state index is 12.6. The van der Waals surface area contributed by atoms with E-state index < -0.39 is 12.1 Å². The molecule has 0 aliphatic rings. The van der Waals surface area contributed by atoms with Gasteiger partial charge in [0.2, 0.25) is 5.91 Å². The van der Waals surface area contributed by atoms with E-state index in [9.17, 15) is 19.8 Å². The minimum absolute atomic E-state index is 0.0183. The van der Waals surface area contributed by atoms with Gasteiger partial charge in [0.1, 0.15) is 0 Å². The van der Waals surface area contributed by atoms with E-state index in [1.54, 1.807) is 0 Å². The maximum absolute atomic E-state index is 12.6. The molecule has 6 nitrogen and oxygen atoms in total. The van der Waals surface area contributed by atoms with Gasteiger partial charge in [-0.25, -0.2) is 0 Å². The number of carbonyl (C=O) groups excluding carboxylic acids is 2. The fourth-order valence-electron chi connectivity index (χ4n) is 13.5. The Bertz CT molecular complexity index is 1490. The Hall–Kier alpha value is -1.92. The summed E-state index contributed by atoms with van der Waals surface area (Å²) in [6, 6.07) is -0.540. The quantitative estimate of drug-likeness (QED) is 0.0320. The monoisotopic (exact) mass is 1290 g/mol. The molecule has 0 fully saturated rings. The Labute approximate surface area is 576 Å². The van der Waals surface area contributed by atoms with Gasteiger partial charge in [0.25, 0.3) is 0 Å². The Balaban J connectivity index is 3.34. The second kappa shape index (κ2) is 81.5. The number of ether oxygens (including phenoxy) is 1. The molecule has 0 radical (unpaired) electrons. The molecule has 0 bridgehead atoms. The zero-order valence-electron chi connectivity index (χ0n) is 62.6. The van der Waals surface area contributed by atoms with Crippen LogP contribution in [0.2, 0.25) is 0 Å². The Morgan fingerprint density at radius 2 is 0.543 bits per heavy atom. The van der Waals surface area contributed by atoms with Crippen molar-refractivity contribution in [3.8, 4) is 0 Å². The van der Waals surface area contributed by atoms with Crippen molar-refractivity contribution in [2.24, 2.45) is 0 Å². The van der Waals surface area contributed by atoms with E-state index in [0.717, 1.165) is 51.4 Å². The van der Waals surface area contributed by atoms with Crippen LogP contribution in [0.25, 0.3) is 0 Å². The van der Waals surface area contributed by atoms with E-state index >= 15 is 0 Å². The molecule has 0 saturated heterocycles. The van der Waals surface area contributed by atoms with E-state index in [-0.39, 0.29) is 18.5 Å². The topological polar surface area (TPSA) is 95.9 Å². The highest BCUT2D eigenvalue weighted by atomic mass is 16.5. The summed E-state index contributed by atoms with van der Waals surface area (Å²) in [4.78, 5) is 24.7. The van der Waals surface area contributed by atoms with Gasteiger partial charge in [-0.15, -0.1) is 0 Å². The zero-order valence-corrected chi connectivity index (χ0v) is 62.6. The number of aliphatic hydroxyl groups is 2. The number of hydrogen-bond donors (Lipinski definition) is 3. The first-order chi connectivity index (χ1) is 45.5. The third kappa shape index (κ3) is 77.1. The molecule has 544 valence electrons. The molecule has 0 aromatic heterocycles. The van der Waals surface area contributed by atoms with Crippen molar-refractivity contribution in [1.29, 1.82) is 0 Å². The van der Waals surface area contributed by atoms with Crippen molar-refractivity contribution in [2.45, 2.75) is 488 Å². The molecule has 0 saturated carbocycles. The van der Waals surface area contributed by atoms with E-state index in [1.807, 2.05) is 0 Å². The van der Waals surface area contributed by atoms with Crippen molar-refractivity contribution < 1.29 is 24.5 Å². The first-order valence-corrected chi connectivity index (χ1v) is 42.2. The Kier molecular flexibility index (Phi) is 79.8. The number of rotatable bonds is 80. The van der Waals surface area contributed by atoms with Gasteiger partial charge < -0.3 is 20.3 Å². The summed E-state index contributed by atoms with van der Waals surface area (Å²) < 4.78 is 5.51. The van der Waals surface area contributed by atoms with Crippen molar-refractivity contribution in [2.75, 3.05) is 13.2 Å². The molecule has 6 heteroatoms. The molecular formula is C86H165NO5. The molecule has 92 heavy (non-hydrogen) atoms. The number of hydrogen-bond acceptors (Lipinski definition) is 5. The van der Waals surface area contributed by atoms with Crippen molar-refractivity contribution in [3.05, 3.63) is 36.5 Å². The van der Waals surface area contributed by atoms with Gasteiger partial charge in [-0.2, -0.15) is 0 Å². The fraction of sp³-hybridized carbons (Fsp3) is 0.907. The van der Waals surface area contributed by atoms with E-state index in [0.29, 0.717) is 25.9 Å². The van der Waals surface area contributed by atoms with Crippen LogP contribution in [0.5, 0.6) is 0 Å². The summed E-state index contributed by atoms with van der Waals surface area (Å²) in [6.45, 7) is 5.00. The SMILES string of the molecule is CCCCCCCCC/C=C\CCCCCCCCCC(=O)OCCCCCCCCCCCCCCCCC/C=C\C/C=C\CCCCCCCCCCCCCCCCCCCC(=O)NC(CO)C(O)CCCCCCCCCCCCCCCCCCCC. The van der Waals surface area contributed by atoms with Crippen LogP contribution in [0.3, 0.4) is 0 Å². The summed E-state index contributed by atoms with van der Waals surface area (Å²) >= 11 is 0. The fourth-order valence-corrected chi connectivity index (χ4v) is 13.5. The second-order valence-corrected chi connectivity index (χ2v) is 29.2. The van der Waals surface area contributed by atoms with E-state index in [1.165, 1.54) is 392 Å². The predicted octanol–water partition coefficient (Wildman–Crippen LogP) is 28.2. The van der Waals surface area contributed by atoms with Gasteiger partial charge in [0.15, 0.2) is 0 Å². The lowest BCUT2D eigenvalue weighted by atomic mass is 10.0. The maximum Gasteiger partial charge on any atom is 0.305 e. The number of unbranched alkanes of at least 4 members (excludes halogenated alkanes) is 63. The van der Waals surface area contributed by atoms with Crippen LogP contribution >= 0.6 is 0 Å². The molecular weight excluding hydrogens is 1130 g/mol. The number of aliphatic hydroxyl groups excluding tert-OH is 2. The van der Waals surface area contributed by atoms with Crippen LogP contribution < -0.4 is 5.32 Å². The summed E-state index contributed by atoms with van der Waals surface area (Å²) in [5.41, 5.74) is 0. The van der Waals surface area contributed by atoms with Gasteiger partial charge in [0.05, 0.1) is 25.4 Å². The normalized spacial score (nSPS) is 12.6. The molecule has 0 spiro atoms. The smallest absolute Gasteiger partial charge is 0.305 e. The molecule has 0 aromatic rings. The van der Waals surface area contributed by atoms with Gasteiger partial charge in [-0.1, -0.05) is 416 Å². The number of amides is 1. The second-order valence-electron chi connectivity index (χ2n) is 29.2. The average Bonchev–Trinajstić information content (AvgIpc) is 3.61. The van der Waals surface area contributed by atoms with Crippen LogP contribution in [0.15, 0.2) is 36.5 Å². The van der Waals surface area contributed by atoms with E-state index in [4.69, 9.17) is 4.74 Å². The number of carbonyl (C=O) groups is 2. The van der Waals surface area contributed by atoms with Crippen molar-refractivity contribution >= 4 is 11.9 Å². The van der Waals surface area contributed by atoms with Gasteiger partial charge >= 0.3 is 5.97 Å². The molecule has 2 unspecified atom stereocenters. The van der Waals surface area contributed by atoms with Crippen molar-refractivity contribution in [3.63, 3.8) is 0 Å². The first kappa shape index (κ1) is 90.1. The van der Waals surface area contributed by atoms with Gasteiger partial charge in [-0.05, 0) is 83.5 Å². The third-order valence-corrected chi connectivity index (χ3v) is 19.9. The summed E-state index contributed by atoms with van der Waals surface area (Å²) in [6.07, 6.45) is 107. The summed E-state index contributed by atoms with van der Waals surface area (Å²) in [5, 5.41) is 23.4. The average molecular weight is 1290 g/mol. The highest BCUT2D eigenvalue weighted by molar-refractivity contribution is 5.76. The Morgan fingerprint density at radius 1 is 0.304 bits per heavy atom. The van der Waals surface area contributed by atoms with Crippen LogP contribution in [0.1, 0.15) is 476 Å². The molecule has 0 heterocycles. The largest absolute Gasteiger partial charge is 0.466 e. The standard InChI is InChI=1S/C86H165NO5/c1-3-5-7-9-11-13-15-17-19-21-46-50-54-58-62-66-70-74-78-84(89)83(82-88)87-85(90)79-75-71-67-63-59-55-51-47-44-42-40-38-36-34-32-30-28-26-24-23-25-27-29-31-33-35-37-39-41-43-45-49-53-57-61-65-69-73-77-81-92-86(91)80-76-72-68-64-60-56-52-48-22-20-18-16-14-12-10-8-6-4-2/h20,22-24,27,29,83-84,88-89H,3-19,21,25-26,28,30-82H2,1-2H3,(H,87,90)/b22-20-,24-23-,29-27-. The summed E-state index contributed by atoms with van der Waals surface area (Å²) in [5.74, 6) is -0.00905. The molecule has 2 atom stereocenters. The predicted molar refractivity (Wildman–Crippen MR) is 407 cm³/mol. The lowest BCUT2D eigenvalue weighted by molar-refractivity contribution is -0.143. The summed E-state index contributed by atoms with van der Waals surface area (Å²) in [7, 11) is 0. The lowest BCUT2D eigenvalue weighted by Gasteiger charge is -2.22. The van der Waals surface area contributed by atoms with Crippen molar-refractivity contribution in [1.82, 2.24) is 5.32 Å². The number of nitrogens with one attached hydrogen (secondary N) is 1. The number of esters is 1. The molecule has 0 aromatic carbocycles. The van der Waals surface area contributed by atoms with Gasteiger partial charge in [-0.3, -0.25) is 9.59 Å².